The number of unbranched alkanes of at least 4 members (excludes halogenated alkanes) is 29. The normalized spacial score (nSPS) is 21.2. The van der Waals surface area contributed by atoms with Crippen molar-refractivity contribution in [2.24, 2.45) is 0 Å². The minimum atomic E-state index is -5.13. The first kappa shape index (κ1) is 63.1. The number of hydrogen-bond donors (Lipinski definition) is 6. The highest BCUT2D eigenvalue weighted by Crippen LogP contribution is 2.47. The molecule has 6 N–H and O–H groups in total. The number of hydrogen-bond acceptors (Lipinski definition) is 12. The summed E-state index contributed by atoms with van der Waals surface area (Å²) < 4.78 is 33.6. The lowest BCUT2D eigenvalue weighted by Crippen LogP contribution is -2.64. The van der Waals surface area contributed by atoms with Crippen molar-refractivity contribution in [1.82, 2.24) is 0 Å². The first-order chi connectivity index (χ1) is 32.4. The van der Waals surface area contributed by atoms with Gasteiger partial charge in [0.25, 0.3) is 0 Å². The molecular weight excluding hydrogens is 876 g/mol. The Bertz CT molecular complexity index is 1300. The highest BCUT2D eigenvalue weighted by Gasteiger charge is 2.51. The zero-order valence-electron chi connectivity index (χ0n) is 41.8. The van der Waals surface area contributed by atoms with Crippen LogP contribution in [0.1, 0.15) is 232 Å². The Labute approximate surface area is 406 Å². The van der Waals surface area contributed by atoms with E-state index in [-0.39, 0.29) is 12.8 Å². The number of phosphoric ester groups is 1. The molecule has 67 heavy (non-hydrogen) atoms. The van der Waals surface area contributed by atoms with Gasteiger partial charge >= 0.3 is 19.8 Å². The molecule has 13 nitrogen and oxygen atoms in total. The van der Waals surface area contributed by atoms with Gasteiger partial charge in [0.1, 0.15) is 43.2 Å². The van der Waals surface area contributed by atoms with Crippen LogP contribution in [0.3, 0.4) is 0 Å². The minimum Gasteiger partial charge on any atom is -0.462 e. The highest BCUT2D eigenvalue weighted by atomic mass is 31.2. The van der Waals surface area contributed by atoms with E-state index in [2.05, 4.69) is 31.7 Å². The van der Waals surface area contributed by atoms with Crippen LogP contribution in [0.2, 0.25) is 0 Å². The molecule has 0 spiro atoms. The van der Waals surface area contributed by atoms with E-state index >= 15 is 0 Å². The van der Waals surface area contributed by atoms with Crippen LogP contribution in [0.5, 0.6) is 0 Å². The average molecular weight is 973 g/mol. The van der Waals surface area contributed by atoms with E-state index in [9.17, 15) is 44.6 Å². The number of carbonyl (C=O) groups is 2. The molecule has 0 amide bonds. The quantitative estimate of drug-likeness (QED) is 0.0145. The third kappa shape index (κ3) is 34.9. The largest absolute Gasteiger partial charge is 0.472 e. The predicted octanol–water partition coefficient (Wildman–Crippen LogP) is 11.7. The van der Waals surface area contributed by atoms with Gasteiger partial charge in [0.15, 0.2) is 6.10 Å². The molecule has 1 rings (SSSR count). The number of carbonyl (C=O) groups excluding carboxylic acids is 2. The summed E-state index contributed by atoms with van der Waals surface area (Å²) in [4.78, 5) is 35.8. The summed E-state index contributed by atoms with van der Waals surface area (Å²) in [6.45, 7) is 4.83. The third-order valence-electron chi connectivity index (χ3n) is 12.6. The number of aliphatic hydroxyl groups is 5. The Morgan fingerprint density at radius 1 is 0.493 bits per heavy atom. The molecule has 14 heteroatoms. The van der Waals surface area contributed by atoms with Crippen molar-refractivity contribution in [1.29, 1.82) is 0 Å². The fourth-order valence-electron chi connectivity index (χ4n) is 8.29. The predicted molar refractivity (Wildman–Crippen MR) is 267 cm³/mol. The summed E-state index contributed by atoms with van der Waals surface area (Å²) in [5.74, 6) is -1.14. The summed E-state index contributed by atoms with van der Waals surface area (Å²) in [7, 11) is -5.13. The smallest absolute Gasteiger partial charge is 0.462 e. The Morgan fingerprint density at radius 2 is 0.866 bits per heavy atom. The van der Waals surface area contributed by atoms with Crippen LogP contribution >= 0.6 is 7.82 Å². The monoisotopic (exact) mass is 973 g/mol. The number of phosphoric acid groups is 1. The van der Waals surface area contributed by atoms with E-state index in [4.69, 9.17) is 18.5 Å². The van der Waals surface area contributed by atoms with Crippen LogP contribution in [0, 0.1) is 0 Å². The second kappa shape index (κ2) is 42.9. The minimum absolute atomic E-state index is 0.0880. The van der Waals surface area contributed by atoms with Gasteiger partial charge in [-0.1, -0.05) is 191 Å². The Kier molecular flexibility index (Phi) is 40.4. The highest BCUT2D eigenvalue weighted by molar-refractivity contribution is 7.47. The number of ether oxygens (including phenoxy) is 2. The summed E-state index contributed by atoms with van der Waals surface area (Å²) in [5.41, 5.74) is 0. The maximum absolute atomic E-state index is 12.8. The first-order valence-corrected chi connectivity index (χ1v) is 28.2. The third-order valence-corrected chi connectivity index (χ3v) is 13.6. The Balaban J connectivity index is 2.37. The summed E-state index contributed by atoms with van der Waals surface area (Å²) in [6.07, 6.45) is 36.7. The van der Waals surface area contributed by atoms with E-state index in [1.165, 1.54) is 141 Å². The zero-order chi connectivity index (χ0) is 49.2. The standard InChI is InChI=1S/C53H97O13P/c1-3-5-7-9-11-13-15-17-19-20-21-22-23-24-25-26-28-29-31-33-35-37-39-41-46(54)63-43-45(44-64-67(61,62)66-53-51(59)49(57)48(56)50(58)52(53)60)65-47(55)42-40-38-36-34-32-30-27-18-16-14-12-10-8-6-4-2/h4,26,28,33,35,45,48-53,56-60H,2-3,5-25,27,29-32,34,36-44H2,1H3,(H,61,62)/b28-26+,35-33+/t45-,48?,49-,50?,51?,52?,53?/m0/s1. The van der Waals surface area contributed by atoms with E-state index < -0.39 is 75.7 Å². The van der Waals surface area contributed by atoms with Crippen LogP contribution < -0.4 is 0 Å². The molecule has 392 valence electrons. The van der Waals surface area contributed by atoms with Gasteiger partial charge in [-0.2, -0.15) is 0 Å². The van der Waals surface area contributed by atoms with Crippen molar-refractivity contribution in [2.45, 2.75) is 274 Å². The van der Waals surface area contributed by atoms with Crippen LogP contribution in [-0.2, 0) is 32.7 Å². The van der Waals surface area contributed by atoms with Crippen molar-refractivity contribution in [3.05, 3.63) is 37.0 Å². The lowest BCUT2D eigenvalue weighted by atomic mass is 9.85. The van der Waals surface area contributed by atoms with Crippen molar-refractivity contribution in [3.8, 4) is 0 Å². The second-order valence-electron chi connectivity index (χ2n) is 18.8. The van der Waals surface area contributed by atoms with Crippen molar-refractivity contribution >= 4 is 19.8 Å². The van der Waals surface area contributed by atoms with Gasteiger partial charge in [-0.05, 0) is 57.8 Å². The van der Waals surface area contributed by atoms with Crippen molar-refractivity contribution in [3.63, 3.8) is 0 Å². The van der Waals surface area contributed by atoms with Crippen molar-refractivity contribution < 1.29 is 63.1 Å². The number of esters is 2. The van der Waals surface area contributed by atoms with E-state index in [0.717, 1.165) is 51.4 Å². The SMILES string of the molecule is C=CCCCCCCCCCCCCCCCC(=O)O[C@@H](COC(=O)CCC/C=C/CC/C=C/CCCCCCCCCCCCCCCC)COP(=O)(O)OC1C(O)C(O)C(O)[C@H](O)C1O. The fourth-order valence-corrected chi connectivity index (χ4v) is 9.26. The molecule has 1 aliphatic rings. The molecule has 1 saturated carbocycles. The molecule has 0 aromatic rings. The summed E-state index contributed by atoms with van der Waals surface area (Å²) in [5, 5.41) is 50.3. The van der Waals surface area contributed by atoms with Gasteiger partial charge in [-0.15, -0.1) is 6.58 Å². The average Bonchev–Trinajstić information content (AvgIpc) is 3.31. The Hall–Kier alpha value is -1.93. The first-order valence-electron chi connectivity index (χ1n) is 26.8. The second-order valence-corrected chi connectivity index (χ2v) is 20.2. The van der Waals surface area contributed by atoms with Gasteiger partial charge in [-0.25, -0.2) is 4.57 Å². The van der Waals surface area contributed by atoms with Crippen molar-refractivity contribution in [2.75, 3.05) is 13.2 Å². The molecule has 0 heterocycles. The molecule has 8 atom stereocenters. The topological polar surface area (TPSA) is 210 Å². The van der Waals surface area contributed by atoms with Gasteiger partial charge in [0.2, 0.25) is 0 Å². The molecule has 0 aliphatic heterocycles. The Morgan fingerprint density at radius 3 is 1.33 bits per heavy atom. The number of aliphatic hydroxyl groups excluding tert-OH is 5. The lowest BCUT2D eigenvalue weighted by Gasteiger charge is -2.41. The van der Waals surface area contributed by atoms with Gasteiger partial charge in [0, 0.05) is 12.8 Å². The van der Waals surface area contributed by atoms with E-state index in [1.54, 1.807) is 0 Å². The molecule has 0 aromatic heterocycles. The fraction of sp³-hybridized carbons (Fsp3) is 0.849. The van der Waals surface area contributed by atoms with Gasteiger partial charge in [0.05, 0.1) is 6.61 Å². The molecule has 0 bridgehead atoms. The maximum atomic E-state index is 12.8. The van der Waals surface area contributed by atoms with Crippen LogP contribution in [-0.4, -0.2) is 98.3 Å². The molecular formula is C53H97O13P. The molecule has 1 aliphatic carbocycles. The zero-order valence-corrected chi connectivity index (χ0v) is 42.7. The maximum Gasteiger partial charge on any atom is 0.472 e. The molecule has 1 fully saturated rings. The van der Waals surface area contributed by atoms with Gasteiger partial charge in [-0.3, -0.25) is 18.6 Å². The van der Waals surface area contributed by atoms with Crippen LogP contribution in [0.15, 0.2) is 37.0 Å². The number of rotatable bonds is 46. The molecule has 0 radical (unpaired) electrons. The van der Waals surface area contributed by atoms with E-state index in [0.29, 0.717) is 19.3 Å². The molecule has 6 unspecified atom stereocenters. The van der Waals surface area contributed by atoms with Crippen LogP contribution in [0.4, 0.5) is 0 Å². The molecule has 0 aromatic carbocycles. The van der Waals surface area contributed by atoms with E-state index in [1.807, 2.05) is 12.2 Å². The molecule has 0 saturated heterocycles. The summed E-state index contributed by atoms with van der Waals surface area (Å²) >= 11 is 0. The van der Waals surface area contributed by atoms with Crippen LogP contribution in [0.25, 0.3) is 0 Å². The van der Waals surface area contributed by atoms with Gasteiger partial charge < -0.3 is 39.9 Å². The lowest BCUT2D eigenvalue weighted by molar-refractivity contribution is -0.220. The number of allylic oxidation sites excluding steroid dienone is 5. The summed E-state index contributed by atoms with van der Waals surface area (Å²) in [6, 6.07) is 0.